The van der Waals surface area contributed by atoms with Gasteiger partial charge < -0.3 is 9.47 Å². The van der Waals surface area contributed by atoms with Crippen LogP contribution in [0, 0.1) is 6.92 Å². The van der Waals surface area contributed by atoms with E-state index in [0.717, 1.165) is 17.7 Å². The van der Waals surface area contributed by atoms with Gasteiger partial charge in [-0.15, -0.1) is 6.58 Å². The van der Waals surface area contributed by atoms with Gasteiger partial charge in [0.05, 0.1) is 37.0 Å². The molecule has 5 nitrogen and oxygen atoms in total. The molecule has 0 aliphatic carbocycles. The highest BCUT2D eigenvalue weighted by Gasteiger charge is 2.04. The Balaban J connectivity index is 1.47. The first-order chi connectivity index (χ1) is 13.2. The van der Waals surface area contributed by atoms with Crippen LogP contribution in [0.2, 0.25) is 0 Å². The van der Waals surface area contributed by atoms with Crippen molar-refractivity contribution in [2.24, 2.45) is 0 Å². The van der Waals surface area contributed by atoms with Crippen LogP contribution in [-0.4, -0.2) is 29.4 Å². The van der Waals surface area contributed by atoms with E-state index in [9.17, 15) is 4.79 Å². The fourth-order valence-electron chi connectivity index (χ4n) is 2.90. The van der Waals surface area contributed by atoms with Gasteiger partial charge >= 0.3 is 0 Å². The molecule has 0 fully saturated rings. The third-order valence-electron chi connectivity index (χ3n) is 4.27. The van der Waals surface area contributed by atoms with E-state index < -0.39 is 0 Å². The summed E-state index contributed by atoms with van der Waals surface area (Å²) in [6.45, 7) is 7.65. The molecule has 3 aromatic rings. The molecule has 0 radical (unpaired) electrons. The first-order valence-corrected chi connectivity index (χ1v) is 9.04. The molecule has 1 aromatic heterocycles. The maximum Gasteiger partial charge on any atom is 0.261 e. The van der Waals surface area contributed by atoms with E-state index in [-0.39, 0.29) is 5.56 Å². The Morgan fingerprint density at radius 2 is 2.00 bits per heavy atom. The SMILES string of the molecule is C=CCc1cc(C)ccc1OCCOCCn1cnc2ccccc2c1=O. The number of hydrogen-bond acceptors (Lipinski definition) is 4. The standard InChI is InChI=1S/C22H24N2O3/c1-3-6-18-15-17(2)9-10-21(18)27-14-13-26-12-11-24-16-23-20-8-5-4-7-19(20)22(24)25/h3-5,7-10,15-16H,1,6,11-14H2,2H3. The summed E-state index contributed by atoms with van der Waals surface area (Å²) < 4.78 is 13.0. The van der Waals surface area contributed by atoms with Gasteiger partial charge in [-0.05, 0) is 37.1 Å². The minimum Gasteiger partial charge on any atom is -0.491 e. The number of ether oxygens (including phenoxy) is 2. The maximum atomic E-state index is 12.4. The monoisotopic (exact) mass is 364 g/mol. The van der Waals surface area contributed by atoms with Gasteiger partial charge in [-0.3, -0.25) is 9.36 Å². The summed E-state index contributed by atoms with van der Waals surface area (Å²) in [5, 5.41) is 0.623. The molecule has 0 saturated heterocycles. The number of nitrogens with zero attached hydrogens (tertiary/aromatic N) is 2. The van der Waals surface area contributed by atoms with Crippen molar-refractivity contribution < 1.29 is 9.47 Å². The average molecular weight is 364 g/mol. The average Bonchev–Trinajstić information content (AvgIpc) is 2.68. The lowest BCUT2D eigenvalue weighted by atomic mass is 10.1. The molecule has 5 heteroatoms. The molecule has 27 heavy (non-hydrogen) atoms. The van der Waals surface area contributed by atoms with Gasteiger partial charge in [0.25, 0.3) is 5.56 Å². The highest BCUT2D eigenvalue weighted by molar-refractivity contribution is 5.76. The predicted molar refractivity (Wildman–Crippen MR) is 107 cm³/mol. The van der Waals surface area contributed by atoms with Gasteiger partial charge in [0.15, 0.2) is 0 Å². The van der Waals surface area contributed by atoms with E-state index in [0.29, 0.717) is 37.3 Å². The van der Waals surface area contributed by atoms with Crippen molar-refractivity contribution in [1.82, 2.24) is 9.55 Å². The normalized spacial score (nSPS) is 10.9. The quantitative estimate of drug-likeness (QED) is 0.431. The number of aromatic nitrogens is 2. The molecular formula is C22H24N2O3. The lowest BCUT2D eigenvalue weighted by Gasteiger charge is -2.12. The van der Waals surface area contributed by atoms with E-state index in [4.69, 9.17) is 9.47 Å². The molecule has 1 heterocycles. The Morgan fingerprint density at radius 3 is 2.85 bits per heavy atom. The summed E-state index contributed by atoms with van der Waals surface area (Å²) in [6.07, 6.45) is 4.21. The smallest absolute Gasteiger partial charge is 0.261 e. The molecule has 0 unspecified atom stereocenters. The first-order valence-electron chi connectivity index (χ1n) is 9.04. The molecule has 0 atom stereocenters. The molecule has 0 aliphatic heterocycles. The zero-order valence-corrected chi connectivity index (χ0v) is 15.6. The van der Waals surface area contributed by atoms with Crippen molar-refractivity contribution >= 4 is 10.9 Å². The highest BCUT2D eigenvalue weighted by atomic mass is 16.5. The summed E-state index contributed by atoms with van der Waals surface area (Å²) in [5.41, 5.74) is 2.99. The van der Waals surface area contributed by atoms with Crippen LogP contribution in [0.25, 0.3) is 10.9 Å². The van der Waals surface area contributed by atoms with E-state index >= 15 is 0 Å². The number of para-hydroxylation sites is 1. The van der Waals surface area contributed by atoms with Crippen LogP contribution < -0.4 is 10.3 Å². The van der Waals surface area contributed by atoms with Gasteiger partial charge in [0.1, 0.15) is 12.4 Å². The van der Waals surface area contributed by atoms with Crippen LogP contribution in [0.5, 0.6) is 5.75 Å². The zero-order valence-electron chi connectivity index (χ0n) is 15.6. The van der Waals surface area contributed by atoms with E-state index in [2.05, 4.69) is 24.6 Å². The third kappa shape index (κ3) is 4.83. The number of aryl methyl sites for hydroxylation is 1. The lowest BCUT2D eigenvalue weighted by Crippen LogP contribution is -2.23. The van der Waals surface area contributed by atoms with Crippen molar-refractivity contribution in [1.29, 1.82) is 0 Å². The highest BCUT2D eigenvalue weighted by Crippen LogP contribution is 2.20. The van der Waals surface area contributed by atoms with Crippen molar-refractivity contribution in [3.8, 4) is 5.75 Å². The minimum atomic E-state index is -0.0471. The molecular weight excluding hydrogens is 340 g/mol. The number of benzene rings is 2. The van der Waals surface area contributed by atoms with Crippen molar-refractivity contribution in [3.63, 3.8) is 0 Å². The van der Waals surface area contributed by atoms with Crippen LogP contribution in [0.3, 0.4) is 0 Å². The Kier molecular flexibility index (Phi) is 6.39. The van der Waals surface area contributed by atoms with Crippen molar-refractivity contribution in [2.75, 3.05) is 19.8 Å². The maximum absolute atomic E-state index is 12.4. The van der Waals surface area contributed by atoms with Gasteiger partial charge in [-0.25, -0.2) is 4.98 Å². The summed E-state index contributed by atoms with van der Waals surface area (Å²) in [4.78, 5) is 16.7. The predicted octanol–water partition coefficient (Wildman–Crippen LogP) is 3.53. The Bertz CT molecular complexity index is 979. The van der Waals surface area contributed by atoms with E-state index in [1.54, 1.807) is 17.0 Å². The van der Waals surface area contributed by atoms with Gasteiger partial charge in [0.2, 0.25) is 0 Å². The second kappa shape index (κ2) is 9.14. The molecule has 0 N–H and O–H groups in total. The summed E-state index contributed by atoms with van der Waals surface area (Å²) in [6, 6.07) is 13.5. The second-order valence-electron chi connectivity index (χ2n) is 6.33. The minimum absolute atomic E-state index is 0.0471. The van der Waals surface area contributed by atoms with Crippen LogP contribution in [0.15, 0.2) is 66.2 Å². The summed E-state index contributed by atoms with van der Waals surface area (Å²) in [7, 11) is 0. The third-order valence-corrected chi connectivity index (χ3v) is 4.27. The van der Waals surface area contributed by atoms with Crippen LogP contribution in [-0.2, 0) is 17.7 Å². The fourth-order valence-corrected chi connectivity index (χ4v) is 2.90. The van der Waals surface area contributed by atoms with Crippen molar-refractivity contribution in [2.45, 2.75) is 19.9 Å². The number of rotatable bonds is 9. The Hall–Kier alpha value is -2.92. The molecule has 0 amide bonds. The Labute approximate surface area is 158 Å². The first kappa shape index (κ1) is 18.9. The van der Waals surface area contributed by atoms with Gasteiger partial charge in [0, 0.05) is 0 Å². The Morgan fingerprint density at radius 1 is 1.15 bits per heavy atom. The van der Waals surface area contributed by atoms with Gasteiger partial charge in [-0.2, -0.15) is 0 Å². The number of allylic oxidation sites excluding steroid dienone is 1. The molecule has 0 saturated carbocycles. The van der Waals surface area contributed by atoms with E-state index in [1.165, 1.54) is 5.56 Å². The molecule has 3 rings (SSSR count). The van der Waals surface area contributed by atoms with Crippen LogP contribution in [0.1, 0.15) is 11.1 Å². The second-order valence-corrected chi connectivity index (χ2v) is 6.33. The van der Waals surface area contributed by atoms with Gasteiger partial charge in [-0.1, -0.05) is 35.9 Å². The summed E-state index contributed by atoms with van der Waals surface area (Å²) >= 11 is 0. The molecule has 0 spiro atoms. The van der Waals surface area contributed by atoms with Crippen LogP contribution >= 0.6 is 0 Å². The van der Waals surface area contributed by atoms with E-state index in [1.807, 2.05) is 36.4 Å². The number of fused-ring (bicyclic) bond motifs is 1. The molecule has 0 aliphatic rings. The summed E-state index contributed by atoms with van der Waals surface area (Å²) in [5.74, 6) is 0.860. The fraction of sp³-hybridized carbons (Fsp3) is 0.273. The lowest BCUT2D eigenvalue weighted by molar-refractivity contribution is 0.0935. The molecule has 140 valence electrons. The molecule has 2 aromatic carbocycles. The topological polar surface area (TPSA) is 53.4 Å². The molecule has 0 bridgehead atoms. The zero-order chi connectivity index (χ0) is 19.1. The number of hydrogen-bond donors (Lipinski definition) is 0. The van der Waals surface area contributed by atoms with Crippen molar-refractivity contribution in [3.05, 3.63) is 82.9 Å². The largest absolute Gasteiger partial charge is 0.491 e. The van der Waals surface area contributed by atoms with Crippen LogP contribution in [0.4, 0.5) is 0 Å².